The highest BCUT2D eigenvalue weighted by molar-refractivity contribution is 5.78. The number of nitrogens with two attached hydrogens (primary N) is 1. The summed E-state index contributed by atoms with van der Waals surface area (Å²) >= 11 is 0. The highest BCUT2D eigenvalue weighted by atomic mass is 16.6. The zero-order valence-corrected chi connectivity index (χ0v) is 13.8. The fraction of sp³-hybridized carbons (Fsp3) is 0.867. The lowest BCUT2D eigenvalue weighted by atomic mass is 10.00. The minimum atomic E-state index is -0.460. The van der Waals surface area contributed by atoms with E-state index in [1.807, 2.05) is 20.8 Å². The average molecular weight is 298 g/mol. The van der Waals surface area contributed by atoms with E-state index in [9.17, 15) is 4.79 Å². The monoisotopic (exact) mass is 298 g/mol. The van der Waals surface area contributed by atoms with Crippen molar-refractivity contribution < 1.29 is 9.53 Å². The zero-order valence-electron chi connectivity index (χ0n) is 13.8. The molecule has 122 valence electrons. The van der Waals surface area contributed by atoms with Crippen LogP contribution in [0, 0.1) is 5.92 Å². The molecule has 0 spiro atoms. The van der Waals surface area contributed by atoms with Crippen molar-refractivity contribution in [3.63, 3.8) is 0 Å². The number of carbonyl (C=O) groups excluding carboxylic acids is 1. The third-order valence-electron chi connectivity index (χ3n) is 3.38. The maximum Gasteiger partial charge on any atom is 0.407 e. The molecular weight excluding hydrogens is 268 g/mol. The van der Waals surface area contributed by atoms with Gasteiger partial charge >= 0.3 is 6.09 Å². The summed E-state index contributed by atoms with van der Waals surface area (Å²) in [6, 6.07) is 0. The number of carbonyl (C=O) groups is 1. The number of hydrogen-bond acceptors (Lipinski definition) is 3. The summed E-state index contributed by atoms with van der Waals surface area (Å²) in [7, 11) is 0. The number of nitrogens with one attached hydrogen (secondary N) is 1. The third-order valence-corrected chi connectivity index (χ3v) is 3.38. The van der Waals surface area contributed by atoms with Crippen LogP contribution >= 0.6 is 0 Å². The predicted octanol–water partition coefficient (Wildman–Crippen LogP) is 1.95. The van der Waals surface area contributed by atoms with Crippen LogP contribution in [0.15, 0.2) is 4.99 Å². The van der Waals surface area contributed by atoms with Crippen LogP contribution in [-0.4, -0.2) is 48.7 Å². The number of piperidine rings is 1. The smallest absolute Gasteiger partial charge is 0.407 e. The molecule has 0 unspecified atom stereocenters. The van der Waals surface area contributed by atoms with Crippen LogP contribution in [-0.2, 0) is 4.74 Å². The first-order valence-electron chi connectivity index (χ1n) is 7.79. The number of likely N-dealkylation sites (tertiary alicyclic amines) is 1. The molecule has 1 heterocycles. The molecule has 6 heteroatoms. The number of ether oxygens (including phenoxy) is 1. The molecule has 0 bridgehead atoms. The molecule has 6 nitrogen and oxygen atoms in total. The van der Waals surface area contributed by atoms with Gasteiger partial charge in [-0.15, -0.1) is 0 Å². The summed E-state index contributed by atoms with van der Waals surface area (Å²) in [4.78, 5) is 17.9. The van der Waals surface area contributed by atoms with E-state index in [4.69, 9.17) is 10.5 Å². The van der Waals surface area contributed by atoms with Gasteiger partial charge in [-0.1, -0.05) is 6.92 Å². The summed E-state index contributed by atoms with van der Waals surface area (Å²) in [6.45, 7) is 11.0. The number of alkyl carbamates (subject to hydrolysis) is 1. The molecule has 1 amide bonds. The van der Waals surface area contributed by atoms with Gasteiger partial charge in [-0.2, -0.15) is 0 Å². The van der Waals surface area contributed by atoms with Gasteiger partial charge in [0.05, 0.1) is 0 Å². The number of rotatable bonds is 4. The van der Waals surface area contributed by atoms with E-state index in [1.165, 1.54) is 12.8 Å². The van der Waals surface area contributed by atoms with Crippen molar-refractivity contribution in [3.8, 4) is 0 Å². The van der Waals surface area contributed by atoms with Gasteiger partial charge in [0.1, 0.15) is 5.60 Å². The second kappa shape index (κ2) is 8.10. The van der Waals surface area contributed by atoms with E-state index in [0.717, 1.165) is 25.4 Å². The van der Waals surface area contributed by atoms with Gasteiger partial charge in [0.25, 0.3) is 0 Å². The van der Waals surface area contributed by atoms with Gasteiger partial charge in [0, 0.05) is 26.2 Å². The van der Waals surface area contributed by atoms with Crippen molar-refractivity contribution in [1.29, 1.82) is 0 Å². The Labute approximate surface area is 128 Å². The minimum Gasteiger partial charge on any atom is -0.444 e. The van der Waals surface area contributed by atoms with E-state index in [0.29, 0.717) is 19.0 Å². The molecule has 1 aliphatic rings. The maximum atomic E-state index is 11.4. The van der Waals surface area contributed by atoms with Gasteiger partial charge in [0.15, 0.2) is 5.96 Å². The van der Waals surface area contributed by atoms with Gasteiger partial charge < -0.3 is 20.7 Å². The molecule has 0 aromatic carbocycles. The van der Waals surface area contributed by atoms with Crippen molar-refractivity contribution >= 4 is 12.1 Å². The quantitative estimate of drug-likeness (QED) is 0.472. The first kappa shape index (κ1) is 17.6. The maximum absolute atomic E-state index is 11.4. The molecule has 1 fully saturated rings. The van der Waals surface area contributed by atoms with Crippen molar-refractivity contribution in [3.05, 3.63) is 0 Å². The Hall–Kier alpha value is -1.46. The first-order chi connectivity index (χ1) is 9.78. The van der Waals surface area contributed by atoms with E-state index < -0.39 is 5.60 Å². The number of nitrogens with zero attached hydrogens (tertiary/aromatic N) is 2. The van der Waals surface area contributed by atoms with Crippen LogP contribution in [0.25, 0.3) is 0 Å². The van der Waals surface area contributed by atoms with Crippen LogP contribution in [0.5, 0.6) is 0 Å². The summed E-state index contributed by atoms with van der Waals surface area (Å²) < 4.78 is 5.15. The molecule has 0 aliphatic carbocycles. The highest BCUT2D eigenvalue weighted by Gasteiger charge is 2.17. The van der Waals surface area contributed by atoms with Crippen LogP contribution in [0.2, 0.25) is 0 Å². The number of amides is 1. The molecule has 3 N–H and O–H groups in total. The Bertz CT molecular complexity index is 355. The summed E-state index contributed by atoms with van der Waals surface area (Å²) in [5.41, 5.74) is 5.52. The van der Waals surface area contributed by atoms with Gasteiger partial charge in [-0.05, 0) is 46.0 Å². The Kier molecular flexibility index (Phi) is 6.78. The molecule has 0 atom stereocenters. The molecule has 1 saturated heterocycles. The van der Waals surface area contributed by atoms with Crippen molar-refractivity contribution in [2.75, 3.05) is 26.2 Å². The molecule has 0 aromatic rings. The lowest BCUT2D eigenvalue weighted by Crippen LogP contribution is -2.42. The van der Waals surface area contributed by atoms with Gasteiger partial charge in [-0.3, -0.25) is 4.99 Å². The van der Waals surface area contributed by atoms with E-state index in [1.54, 1.807) is 0 Å². The molecule has 1 rings (SSSR count). The van der Waals surface area contributed by atoms with Crippen LogP contribution in [0.4, 0.5) is 4.79 Å². The second-order valence-corrected chi connectivity index (χ2v) is 6.69. The molecule has 21 heavy (non-hydrogen) atoms. The average Bonchev–Trinajstić information content (AvgIpc) is 2.36. The standard InChI is InChI=1S/C15H30N4O2/c1-12-6-10-19(11-7-12)13(16)17-8-5-9-18-14(20)21-15(2,3)4/h12H,5-11H2,1-4H3,(H2,16,17)(H,18,20). The largest absolute Gasteiger partial charge is 0.444 e. The Morgan fingerprint density at radius 1 is 1.38 bits per heavy atom. The molecule has 0 radical (unpaired) electrons. The third kappa shape index (κ3) is 7.78. The molecule has 0 aromatic heterocycles. The number of aliphatic imine (C=N–C) groups is 1. The highest BCUT2D eigenvalue weighted by Crippen LogP contribution is 2.15. The summed E-state index contributed by atoms with van der Waals surface area (Å²) in [5, 5.41) is 2.71. The van der Waals surface area contributed by atoms with Gasteiger partial charge in [-0.25, -0.2) is 4.79 Å². The van der Waals surface area contributed by atoms with Gasteiger partial charge in [0.2, 0.25) is 0 Å². The predicted molar refractivity (Wildman–Crippen MR) is 85.3 cm³/mol. The molecule has 0 saturated carbocycles. The van der Waals surface area contributed by atoms with Crippen LogP contribution in [0.3, 0.4) is 0 Å². The van der Waals surface area contributed by atoms with Crippen molar-refractivity contribution in [2.24, 2.45) is 16.6 Å². The Morgan fingerprint density at radius 3 is 2.57 bits per heavy atom. The number of hydrogen-bond donors (Lipinski definition) is 2. The molecule has 1 aliphatic heterocycles. The lowest BCUT2D eigenvalue weighted by Gasteiger charge is -2.31. The topological polar surface area (TPSA) is 80.0 Å². The Morgan fingerprint density at radius 2 is 2.00 bits per heavy atom. The van der Waals surface area contributed by atoms with E-state index in [-0.39, 0.29) is 6.09 Å². The zero-order chi connectivity index (χ0) is 15.9. The fourth-order valence-corrected chi connectivity index (χ4v) is 2.11. The van der Waals surface area contributed by atoms with Crippen molar-refractivity contribution in [2.45, 2.75) is 52.6 Å². The van der Waals surface area contributed by atoms with E-state index >= 15 is 0 Å². The lowest BCUT2D eigenvalue weighted by molar-refractivity contribution is 0.0527. The summed E-state index contributed by atoms with van der Waals surface area (Å²) in [6.07, 6.45) is 2.72. The Balaban J connectivity index is 2.15. The van der Waals surface area contributed by atoms with Crippen LogP contribution < -0.4 is 11.1 Å². The number of guanidine groups is 1. The normalized spacial score (nSPS) is 17.7. The second-order valence-electron chi connectivity index (χ2n) is 6.69. The fourth-order valence-electron chi connectivity index (χ4n) is 2.11. The SMILES string of the molecule is CC1CCN(C(N)=NCCCNC(=O)OC(C)(C)C)CC1. The van der Waals surface area contributed by atoms with Crippen LogP contribution in [0.1, 0.15) is 47.0 Å². The summed E-state index contributed by atoms with van der Waals surface area (Å²) in [5.74, 6) is 1.41. The van der Waals surface area contributed by atoms with E-state index in [2.05, 4.69) is 22.1 Å². The minimum absolute atomic E-state index is 0.385. The first-order valence-corrected chi connectivity index (χ1v) is 7.79. The molecular formula is C15H30N4O2. The van der Waals surface area contributed by atoms with Crippen molar-refractivity contribution in [1.82, 2.24) is 10.2 Å².